The molecule has 1 aromatic carbocycles. The molecule has 0 aromatic heterocycles. The van der Waals surface area contributed by atoms with E-state index < -0.39 is 24.0 Å². The van der Waals surface area contributed by atoms with Crippen molar-refractivity contribution in [2.45, 2.75) is 38.3 Å². The summed E-state index contributed by atoms with van der Waals surface area (Å²) in [6, 6.07) is 6.62. The van der Waals surface area contributed by atoms with Crippen LogP contribution in [0.2, 0.25) is 0 Å². The normalized spacial score (nSPS) is 20.1. The highest BCUT2D eigenvalue weighted by molar-refractivity contribution is 9.10. The summed E-state index contributed by atoms with van der Waals surface area (Å²) in [5.74, 6) is -1.48. The molecule has 0 spiro atoms. The fourth-order valence-electron chi connectivity index (χ4n) is 2.87. The first kappa shape index (κ1) is 18.9. The number of carbonyl (C=O) groups is 2. The SMILES string of the molecule is CCCC(O)C(CO)NC(=O)C1CCN(c2cccc(Br)c2)C1=O. The van der Waals surface area contributed by atoms with Gasteiger partial charge >= 0.3 is 0 Å². The van der Waals surface area contributed by atoms with Crippen LogP contribution >= 0.6 is 15.9 Å². The molecule has 3 unspecified atom stereocenters. The summed E-state index contributed by atoms with van der Waals surface area (Å²) in [5.41, 5.74) is 0.745. The summed E-state index contributed by atoms with van der Waals surface area (Å²) in [7, 11) is 0. The number of amides is 2. The second-order valence-corrected chi connectivity index (χ2v) is 6.88. The van der Waals surface area contributed by atoms with Gasteiger partial charge in [-0.3, -0.25) is 9.59 Å². The van der Waals surface area contributed by atoms with Gasteiger partial charge in [-0.15, -0.1) is 0 Å². The van der Waals surface area contributed by atoms with Crippen LogP contribution in [0.25, 0.3) is 0 Å². The first-order chi connectivity index (χ1) is 11.5. The van der Waals surface area contributed by atoms with Gasteiger partial charge in [-0.2, -0.15) is 0 Å². The summed E-state index contributed by atoms with van der Waals surface area (Å²) < 4.78 is 0.865. The van der Waals surface area contributed by atoms with Crippen LogP contribution in [-0.2, 0) is 9.59 Å². The molecular formula is C17H23BrN2O4. The van der Waals surface area contributed by atoms with E-state index in [1.165, 1.54) is 0 Å². The molecule has 3 atom stereocenters. The molecule has 0 bridgehead atoms. The highest BCUT2D eigenvalue weighted by atomic mass is 79.9. The zero-order valence-electron chi connectivity index (χ0n) is 13.6. The molecule has 1 aromatic rings. The number of rotatable bonds is 7. The largest absolute Gasteiger partial charge is 0.394 e. The van der Waals surface area contributed by atoms with Gasteiger partial charge in [0, 0.05) is 16.7 Å². The molecule has 2 amide bonds. The Balaban J connectivity index is 2.02. The second-order valence-electron chi connectivity index (χ2n) is 5.96. The molecule has 24 heavy (non-hydrogen) atoms. The number of benzene rings is 1. The lowest BCUT2D eigenvalue weighted by Crippen LogP contribution is -2.49. The summed E-state index contributed by atoms with van der Waals surface area (Å²) in [5, 5.41) is 21.9. The molecule has 7 heteroatoms. The Kier molecular flexibility index (Phi) is 6.77. The average Bonchev–Trinajstić information content (AvgIpc) is 2.94. The zero-order chi connectivity index (χ0) is 17.7. The third-order valence-electron chi connectivity index (χ3n) is 4.22. The number of aliphatic hydroxyl groups excluding tert-OH is 2. The average molecular weight is 399 g/mol. The van der Waals surface area contributed by atoms with E-state index >= 15 is 0 Å². The third kappa shape index (κ3) is 4.34. The first-order valence-corrected chi connectivity index (χ1v) is 8.93. The minimum absolute atomic E-state index is 0.257. The number of anilines is 1. The van der Waals surface area contributed by atoms with Gasteiger partial charge < -0.3 is 20.4 Å². The number of nitrogens with one attached hydrogen (secondary N) is 1. The van der Waals surface area contributed by atoms with Crippen molar-refractivity contribution < 1.29 is 19.8 Å². The molecular weight excluding hydrogens is 376 g/mol. The maximum atomic E-state index is 12.5. The quantitative estimate of drug-likeness (QED) is 0.606. The van der Waals surface area contributed by atoms with Crippen LogP contribution in [0.15, 0.2) is 28.7 Å². The number of halogens is 1. The minimum Gasteiger partial charge on any atom is -0.394 e. The minimum atomic E-state index is -0.818. The number of hydrogen-bond donors (Lipinski definition) is 3. The molecule has 132 valence electrons. The van der Waals surface area contributed by atoms with Gasteiger partial charge in [-0.05, 0) is 31.0 Å². The Morgan fingerprint density at radius 2 is 2.25 bits per heavy atom. The van der Waals surface area contributed by atoms with Crippen LogP contribution in [0.5, 0.6) is 0 Å². The van der Waals surface area contributed by atoms with E-state index in [9.17, 15) is 19.8 Å². The molecule has 6 nitrogen and oxygen atoms in total. The summed E-state index contributed by atoms with van der Waals surface area (Å²) in [6.07, 6.45) is 0.821. The van der Waals surface area contributed by atoms with Gasteiger partial charge in [0.2, 0.25) is 11.8 Å². The maximum absolute atomic E-state index is 12.5. The summed E-state index contributed by atoms with van der Waals surface area (Å²) >= 11 is 3.37. The van der Waals surface area contributed by atoms with Crippen molar-refractivity contribution in [2.24, 2.45) is 5.92 Å². The number of aliphatic hydroxyl groups is 2. The summed E-state index contributed by atoms with van der Waals surface area (Å²) in [6.45, 7) is 2.02. The number of hydrogen-bond acceptors (Lipinski definition) is 4. The molecule has 1 heterocycles. The van der Waals surface area contributed by atoms with Crippen LogP contribution in [0.1, 0.15) is 26.2 Å². The van der Waals surface area contributed by atoms with Crippen molar-refractivity contribution in [3.05, 3.63) is 28.7 Å². The highest BCUT2D eigenvalue weighted by Crippen LogP contribution is 2.27. The molecule has 3 N–H and O–H groups in total. The van der Waals surface area contributed by atoms with E-state index in [0.717, 1.165) is 16.6 Å². The molecule has 1 fully saturated rings. The van der Waals surface area contributed by atoms with Crippen LogP contribution in [-0.4, -0.2) is 47.3 Å². The van der Waals surface area contributed by atoms with Crippen LogP contribution in [0, 0.1) is 5.92 Å². The van der Waals surface area contributed by atoms with Crippen LogP contribution < -0.4 is 10.2 Å². The van der Waals surface area contributed by atoms with E-state index in [-0.39, 0.29) is 12.5 Å². The topological polar surface area (TPSA) is 89.9 Å². The van der Waals surface area contributed by atoms with Gasteiger partial charge in [0.05, 0.1) is 18.8 Å². The Morgan fingerprint density at radius 1 is 1.50 bits per heavy atom. The smallest absolute Gasteiger partial charge is 0.239 e. The first-order valence-electron chi connectivity index (χ1n) is 8.14. The van der Waals surface area contributed by atoms with E-state index in [4.69, 9.17) is 0 Å². The molecule has 0 saturated carbocycles. The number of nitrogens with zero attached hydrogens (tertiary/aromatic N) is 1. The fraction of sp³-hybridized carbons (Fsp3) is 0.529. The van der Waals surface area contributed by atoms with E-state index in [0.29, 0.717) is 19.4 Å². The van der Waals surface area contributed by atoms with Crippen molar-refractivity contribution in [1.82, 2.24) is 5.32 Å². The predicted octanol–water partition coefficient (Wildman–Crippen LogP) is 1.44. The zero-order valence-corrected chi connectivity index (χ0v) is 15.2. The predicted molar refractivity (Wildman–Crippen MR) is 94.5 cm³/mol. The van der Waals surface area contributed by atoms with Crippen molar-refractivity contribution in [2.75, 3.05) is 18.1 Å². The second kappa shape index (κ2) is 8.60. The molecule has 0 radical (unpaired) electrons. The van der Waals surface area contributed by atoms with E-state index in [2.05, 4.69) is 21.2 Å². The Labute approximate surface area is 150 Å². The van der Waals surface area contributed by atoms with Gasteiger partial charge in [0.15, 0.2) is 0 Å². The van der Waals surface area contributed by atoms with Crippen molar-refractivity contribution in [1.29, 1.82) is 0 Å². The van der Waals surface area contributed by atoms with Gasteiger partial charge in [0.1, 0.15) is 5.92 Å². The van der Waals surface area contributed by atoms with E-state index in [1.54, 1.807) is 4.90 Å². The Morgan fingerprint density at radius 3 is 2.88 bits per heavy atom. The molecule has 2 rings (SSSR count). The molecule has 1 saturated heterocycles. The third-order valence-corrected chi connectivity index (χ3v) is 4.71. The molecule has 0 aliphatic carbocycles. The van der Waals surface area contributed by atoms with Crippen molar-refractivity contribution in [3.8, 4) is 0 Å². The lowest BCUT2D eigenvalue weighted by Gasteiger charge is -2.23. The van der Waals surface area contributed by atoms with E-state index in [1.807, 2.05) is 31.2 Å². The van der Waals surface area contributed by atoms with Gasteiger partial charge in [0.25, 0.3) is 0 Å². The van der Waals surface area contributed by atoms with Gasteiger partial charge in [-0.25, -0.2) is 0 Å². The molecule has 1 aliphatic heterocycles. The summed E-state index contributed by atoms with van der Waals surface area (Å²) in [4.78, 5) is 26.5. The lowest BCUT2D eigenvalue weighted by atomic mass is 10.0. The fourth-order valence-corrected chi connectivity index (χ4v) is 3.25. The van der Waals surface area contributed by atoms with Crippen molar-refractivity contribution in [3.63, 3.8) is 0 Å². The van der Waals surface area contributed by atoms with Crippen LogP contribution in [0.3, 0.4) is 0 Å². The van der Waals surface area contributed by atoms with Gasteiger partial charge in [-0.1, -0.05) is 35.3 Å². The monoisotopic (exact) mass is 398 g/mol. The lowest BCUT2D eigenvalue weighted by molar-refractivity contribution is -0.133. The number of carbonyl (C=O) groups excluding carboxylic acids is 2. The Bertz CT molecular complexity index is 596. The highest BCUT2D eigenvalue weighted by Gasteiger charge is 2.38. The maximum Gasteiger partial charge on any atom is 0.239 e. The standard InChI is InChI=1S/C17H23BrN2O4/c1-2-4-15(22)14(10-21)19-16(23)13-7-8-20(17(13)24)12-6-3-5-11(18)9-12/h3,5-6,9,13-15,21-22H,2,4,7-8,10H2,1H3,(H,19,23). The van der Waals surface area contributed by atoms with Crippen molar-refractivity contribution >= 4 is 33.4 Å². The van der Waals surface area contributed by atoms with Crippen LogP contribution in [0.4, 0.5) is 5.69 Å². The molecule has 1 aliphatic rings. The Hall–Kier alpha value is -1.44.